The first-order valence-corrected chi connectivity index (χ1v) is 8.22. The molecule has 0 aliphatic heterocycles. The van der Waals surface area contributed by atoms with Crippen LogP contribution in [0.1, 0.15) is 86.5 Å². The van der Waals surface area contributed by atoms with Gasteiger partial charge in [0.2, 0.25) is 0 Å². The maximum atomic E-state index is 2.44. The molecule has 3 unspecified atom stereocenters. The van der Waals surface area contributed by atoms with Crippen LogP contribution in [-0.2, 0) is 0 Å². The summed E-state index contributed by atoms with van der Waals surface area (Å²) in [6.07, 6.45) is 11.8. The molecule has 3 atom stereocenters. The summed E-state index contributed by atoms with van der Waals surface area (Å²) in [6.45, 7) is 14.1. The van der Waals surface area contributed by atoms with Gasteiger partial charge in [-0.05, 0) is 50.4 Å². The summed E-state index contributed by atoms with van der Waals surface area (Å²) in [5.74, 6) is 2.67. The number of hydrogen-bond acceptors (Lipinski definition) is 0. The molecule has 0 saturated carbocycles. The molecule has 18 heavy (non-hydrogen) atoms. The van der Waals surface area contributed by atoms with Crippen molar-refractivity contribution in [3.05, 3.63) is 11.6 Å². The average Bonchev–Trinajstić information content (AvgIpc) is 2.39. The maximum absolute atomic E-state index is 2.44. The van der Waals surface area contributed by atoms with Gasteiger partial charge < -0.3 is 0 Å². The van der Waals surface area contributed by atoms with E-state index in [0.717, 1.165) is 17.8 Å². The Morgan fingerprint density at radius 3 is 2.17 bits per heavy atom. The fraction of sp³-hybridized carbons (Fsp3) is 0.889. The Kier molecular flexibility index (Phi) is 10.5. The van der Waals surface area contributed by atoms with Gasteiger partial charge in [-0.1, -0.05) is 65.5 Å². The summed E-state index contributed by atoms with van der Waals surface area (Å²) in [6, 6.07) is 0. The van der Waals surface area contributed by atoms with E-state index in [1.165, 1.54) is 44.9 Å². The topological polar surface area (TPSA) is 0 Å². The molecule has 0 aliphatic rings. The highest BCUT2D eigenvalue weighted by Crippen LogP contribution is 2.29. The molecular weight excluding hydrogens is 216 g/mol. The molecule has 0 bridgehead atoms. The lowest BCUT2D eigenvalue weighted by molar-refractivity contribution is 0.274. The predicted octanol–water partition coefficient (Wildman–Crippen LogP) is 6.61. The van der Waals surface area contributed by atoms with Crippen molar-refractivity contribution in [3.8, 4) is 0 Å². The third kappa shape index (κ3) is 7.24. The third-order valence-electron chi connectivity index (χ3n) is 4.55. The van der Waals surface area contributed by atoms with Crippen LogP contribution in [0.3, 0.4) is 0 Å². The van der Waals surface area contributed by atoms with E-state index in [1.54, 1.807) is 5.57 Å². The summed E-state index contributed by atoms with van der Waals surface area (Å²) < 4.78 is 0. The molecule has 0 aromatic heterocycles. The molecule has 0 rings (SSSR count). The Morgan fingerprint density at radius 1 is 1.06 bits per heavy atom. The Balaban J connectivity index is 4.17. The molecule has 0 spiro atoms. The van der Waals surface area contributed by atoms with Crippen LogP contribution in [0.15, 0.2) is 11.6 Å². The maximum Gasteiger partial charge on any atom is -0.0294 e. The van der Waals surface area contributed by atoms with Crippen molar-refractivity contribution < 1.29 is 0 Å². The van der Waals surface area contributed by atoms with E-state index in [2.05, 4.69) is 47.6 Å². The minimum absolute atomic E-state index is 0.854. The highest BCUT2D eigenvalue weighted by atomic mass is 14.2. The number of hydrogen-bond donors (Lipinski definition) is 0. The van der Waals surface area contributed by atoms with E-state index < -0.39 is 0 Å². The summed E-state index contributed by atoms with van der Waals surface area (Å²) >= 11 is 0. The average molecular weight is 252 g/mol. The highest BCUT2D eigenvalue weighted by molar-refractivity contribution is 5.01. The van der Waals surface area contributed by atoms with Crippen molar-refractivity contribution in [2.45, 2.75) is 86.5 Å². The molecule has 0 aliphatic carbocycles. The Morgan fingerprint density at radius 2 is 1.72 bits per heavy atom. The van der Waals surface area contributed by atoms with Crippen molar-refractivity contribution in [3.63, 3.8) is 0 Å². The second-order valence-corrected chi connectivity index (χ2v) is 6.15. The highest BCUT2D eigenvalue weighted by Gasteiger charge is 2.17. The number of unbranched alkanes of at least 4 members (excludes halogenated alkanes) is 1. The lowest BCUT2D eigenvalue weighted by Crippen LogP contribution is -2.14. The van der Waals surface area contributed by atoms with Crippen molar-refractivity contribution in [1.82, 2.24) is 0 Å². The van der Waals surface area contributed by atoms with Gasteiger partial charge in [0.25, 0.3) is 0 Å². The molecule has 0 heteroatoms. The molecule has 0 fully saturated rings. The zero-order valence-corrected chi connectivity index (χ0v) is 13.8. The van der Waals surface area contributed by atoms with Gasteiger partial charge >= 0.3 is 0 Å². The smallest absolute Gasteiger partial charge is 0.0294 e. The summed E-state index contributed by atoms with van der Waals surface area (Å²) in [5.41, 5.74) is 1.68. The molecule has 0 radical (unpaired) electrons. The fourth-order valence-corrected chi connectivity index (χ4v) is 2.95. The van der Waals surface area contributed by atoms with E-state index in [4.69, 9.17) is 0 Å². The minimum atomic E-state index is 0.854. The van der Waals surface area contributed by atoms with Crippen LogP contribution in [0.2, 0.25) is 0 Å². The first-order valence-electron chi connectivity index (χ1n) is 8.22. The molecule has 0 saturated heterocycles. The quantitative estimate of drug-likeness (QED) is 0.384. The summed E-state index contributed by atoms with van der Waals surface area (Å²) in [5, 5.41) is 0. The Bertz CT molecular complexity index is 214. The monoisotopic (exact) mass is 252 g/mol. The molecule has 0 N–H and O–H groups in total. The van der Waals surface area contributed by atoms with Crippen molar-refractivity contribution in [2.75, 3.05) is 0 Å². The van der Waals surface area contributed by atoms with E-state index in [9.17, 15) is 0 Å². The Hall–Kier alpha value is -0.260. The standard InChI is InChI=1S/C18H36/c1-7-11-12-17(9-3)13-15(5)14-18(10-4)16(6)8-2/h9,15-16,18H,7-8,10-14H2,1-6H3. The van der Waals surface area contributed by atoms with Crippen LogP contribution in [0.4, 0.5) is 0 Å². The zero-order valence-electron chi connectivity index (χ0n) is 13.8. The lowest BCUT2D eigenvalue weighted by Gasteiger charge is -2.25. The first-order chi connectivity index (χ1) is 8.58. The van der Waals surface area contributed by atoms with Crippen LogP contribution < -0.4 is 0 Å². The number of rotatable bonds is 10. The van der Waals surface area contributed by atoms with Gasteiger partial charge in [0, 0.05) is 0 Å². The second kappa shape index (κ2) is 10.6. The van der Waals surface area contributed by atoms with Crippen LogP contribution in [0, 0.1) is 17.8 Å². The van der Waals surface area contributed by atoms with Gasteiger partial charge in [0.1, 0.15) is 0 Å². The molecule has 0 amide bonds. The fourth-order valence-electron chi connectivity index (χ4n) is 2.95. The minimum Gasteiger partial charge on any atom is -0.0884 e. The number of allylic oxidation sites excluding steroid dienone is 2. The van der Waals surface area contributed by atoms with Crippen LogP contribution >= 0.6 is 0 Å². The molecular formula is C18H36. The van der Waals surface area contributed by atoms with E-state index in [0.29, 0.717) is 0 Å². The van der Waals surface area contributed by atoms with Gasteiger partial charge in [0.15, 0.2) is 0 Å². The molecule has 0 aromatic rings. The zero-order chi connectivity index (χ0) is 14.0. The lowest BCUT2D eigenvalue weighted by atomic mass is 9.81. The normalized spacial score (nSPS) is 17.6. The van der Waals surface area contributed by atoms with Gasteiger partial charge in [-0.2, -0.15) is 0 Å². The SMILES string of the molecule is CC=C(CCCC)CC(C)CC(CC)C(C)CC. The molecule has 0 aromatic carbocycles. The first kappa shape index (κ1) is 17.7. The molecule has 0 nitrogen and oxygen atoms in total. The largest absolute Gasteiger partial charge is 0.0884 e. The van der Waals surface area contributed by atoms with Gasteiger partial charge in [0.05, 0.1) is 0 Å². The van der Waals surface area contributed by atoms with Crippen molar-refractivity contribution >= 4 is 0 Å². The van der Waals surface area contributed by atoms with Crippen LogP contribution in [0.5, 0.6) is 0 Å². The predicted molar refractivity (Wildman–Crippen MR) is 84.9 cm³/mol. The van der Waals surface area contributed by atoms with Crippen molar-refractivity contribution in [2.24, 2.45) is 17.8 Å². The Labute approximate surface area is 116 Å². The molecule has 0 heterocycles. The summed E-state index contributed by atoms with van der Waals surface area (Å²) in [4.78, 5) is 0. The van der Waals surface area contributed by atoms with E-state index in [1.807, 2.05) is 0 Å². The van der Waals surface area contributed by atoms with Gasteiger partial charge in [-0.15, -0.1) is 0 Å². The van der Waals surface area contributed by atoms with Crippen LogP contribution in [0.25, 0.3) is 0 Å². The van der Waals surface area contributed by atoms with Gasteiger partial charge in [-0.25, -0.2) is 0 Å². The van der Waals surface area contributed by atoms with E-state index >= 15 is 0 Å². The van der Waals surface area contributed by atoms with Gasteiger partial charge in [-0.3, -0.25) is 0 Å². The van der Waals surface area contributed by atoms with Crippen LogP contribution in [-0.4, -0.2) is 0 Å². The van der Waals surface area contributed by atoms with E-state index in [-0.39, 0.29) is 0 Å². The second-order valence-electron chi connectivity index (χ2n) is 6.15. The van der Waals surface area contributed by atoms with Crippen molar-refractivity contribution in [1.29, 1.82) is 0 Å². The summed E-state index contributed by atoms with van der Waals surface area (Å²) in [7, 11) is 0. The molecule has 108 valence electrons. The third-order valence-corrected chi connectivity index (χ3v) is 4.55.